The molecule has 0 bridgehead atoms. The minimum Gasteiger partial charge on any atom is -0.469 e. The van der Waals surface area contributed by atoms with Crippen LogP contribution < -0.4 is 5.32 Å². The lowest BCUT2D eigenvalue weighted by atomic mass is 9.99. The number of methoxy groups -OCH3 is 1. The number of ether oxygens (including phenoxy) is 1. The number of guanidine groups is 1. The van der Waals surface area contributed by atoms with Crippen LogP contribution in [0.25, 0.3) is 0 Å². The molecule has 0 aromatic heterocycles. The Labute approximate surface area is 210 Å². The van der Waals surface area contributed by atoms with Gasteiger partial charge in [-0.15, -0.1) is 24.0 Å². The van der Waals surface area contributed by atoms with E-state index in [2.05, 4.69) is 65.2 Å². The van der Waals surface area contributed by atoms with E-state index in [1.54, 1.807) is 0 Å². The number of carbonyl (C=O) groups is 1. The quantitative estimate of drug-likeness (QED) is 0.251. The van der Waals surface area contributed by atoms with Gasteiger partial charge in [-0.3, -0.25) is 9.69 Å². The fourth-order valence-corrected chi connectivity index (χ4v) is 4.46. The third-order valence-corrected chi connectivity index (χ3v) is 6.40. The summed E-state index contributed by atoms with van der Waals surface area (Å²) in [4.78, 5) is 24.0. The third-order valence-electron chi connectivity index (χ3n) is 6.40. The molecule has 2 fully saturated rings. The zero-order chi connectivity index (χ0) is 22.2. The van der Waals surface area contributed by atoms with E-state index in [4.69, 9.17) is 9.73 Å². The number of nitrogens with zero attached hydrogens (tertiary/aromatic N) is 4. The van der Waals surface area contributed by atoms with Gasteiger partial charge in [-0.2, -0.15) is 0 Å². The van der Waals surface area contributed by atoms with E-state index in [0.717, 1.165) is 38.7 Å². The summed E-state index contributed by atoms with van der Waals surface area (Å²) in [5.41, 5.74) is 2.56. The molecule has 2 heterocycles. The number of likely N-dealkylation sites (N-methyl/N-ethyl adjacent to an activating group) is 1. The van der Waals surface area contributed by atoms with Gasteiger partial charge >= 0.3 is 5.97 Å². The lowest BCUT2D eigenvalue weighted by Gasteiger charge is -2.21. The molecular formula is C24H40IN5O2. The summed E-state index contributed by atoms with van der Waals surface area (Å²) in [7, 11) is 3.67. The van der Waals surface area contributed by atoms with E-state index in [1.807, 2.05) is 0 Å². The van der Waals surface area contributed by atoms with Crippen molar-refractivity contribution >= 4 is 35.9 Å². The number of rotatable bonds is 6. The Kier molecular flexibility index (Phi) is 11.2. The summed E-state index contributed by atoms with van der Waals surface area (Å²) < 4.78 is 4.97. The van der Waals surface area contributed by atoms with Gasteiger partial charge in [-0.1, -0.05) is 31.2 Å². The highest BCUT2D eigenvalue weighted by Gasteiger charge is 2.36. The number of hydrogen-bond donors (Lipinski definition) is 1. The van der Waals surface area contributed by atoms with Crippen LogP contribution in [0.3, 0.4) is 0 Å². The van der Waals surface area contributed by atoms with Crippen molar-refractivity contribution in [2.24, 2.45) is 16.8 Å². The number of halogens is 1. The SMILES string of the molecule is CCNC(=NCc1ccc(CN2CCCN(C)CC2)cc1)N1CC(C)C(C(=O)OC)C1.I. The molecule has 8 heteroatoms. The maximum Gasteiger partial charge on any atom is 0.310 e. The fraction of sp³-hybridized carbons (Fsp3) is 0.667. The van der Waals surface area contributed by atoms with Crippen LogP contribution >= 0.6 is 24.0 Å². The standard InChI is InChI=1S/C24H39N5O2.HI/c1-5-25-24(29-16-19(2)22(18-29)23(30)31-4)26-15-20-7-9-21(10-8-20)17-28-12-6-11-27(3)13-14-28;/h7-10,19,22H,5-6,11-18H2,1-4H3,(H,25,26);1H. The van der Waals surface area contributed by atoms with Crippen molar-refractivity contribution in [3.05, 3.63) is 35.4 Å². The maximum absolute atomic E-state index is 12.0. The van der Waals surface area contributed by atoms with Gasteiger partial charge in [0.25, 0.3) is 0 Å². The van der Waals surface area contributed by atoms with Gasteiger partial charge in [-0.25, -0.2) is 4.99 Å². The average molecular weight is 558 g/mol. The molecule has 1 N–H and O–H groups in total. The normalized spacial score (nSPS) is 22.9. The molecule has 32 heavy (non-hydrogen) atoms. The van der Waals surface area contributed by atoms with Crippen LogP contribution in [-0.4, -0.2) is 86.6 Å². The van der Waals surface area contributed by atoms with Gasteiger partial charge in [-0.05, 0) is 50.5 Å². The van der Waals surface area contributed by atoms with Gasteiger partial charge in [0.2, 0.25) is 0 Å². The second kappa shape index (κ2) is 13.3. The first-order chi connectivity index (χ1) is 15.0. The molecule has 1 aromatic rings. The molecule has 0 aliphatic carbocycles. The first-order valence-electron chi connectivity index (χ1n) is 11.6. The van der Waals surface area contributed by atoms with Crippen LogP contribution in [0, 0.1) is 11.8 Å². The third kappa shape index (κ3) is 7.59. The lowest BCUT2D eigenvalue weighted by Crippen LogP contribution is -2.40. The molecule has 0 amide bonds. The van der Waals surface area contributed by atoms with Crippen molar-refractivity contribution in [3.63, 3.8) is 0 Å². The summed E-state index contributed by atoms with van der Waals surface area (Å²) in [6.07, 6.45) is 1.24. The van der Waals surface area contributed by atoms with E-state index >= 15 is 0 Å². The number of nitrogens with one attached hydrogen (secondary N) is 1. The number of aliphatic imine (C=N–C) groups is 1. The Morgan fingerprint density at radius 3 is 2.53 bits per heavy atom. The first-order valence-corrected chi connectivity index (χ1v) is 11.6. The van der Waals surface area contributed by atoms with E-state index in [9.17, 15) is 4.79 Å². The van der Waals surface area contributed by atoms with Crippen LogP contribution in [-0.2, 0) is 22.6 Å². The minimum absolute atomic E-state index is 0. The lowest BCUT2D eigenvalue weighted by molar-refractivity contribution is -0.145. The van der Waals surface area contributed by atoms with Crippen LogP contribution in [0.4, 0.5) is 0 Å². The molecule has 7 nitrogen and oxygen atoms in total. The van der Waals surface area contributed by atoms with Crippen molar-refractivity contribution in [1.82, 2.24) is 20.0 Å². The smallest absolute Gasteiger partial charge is 0.310 e. The molecular weight excluding hydrogens is 517 g/mol. The van der Waals surface area contributed by atoms with E-state index < -0.39 is 0 Å². The summed E-state index contributed by atoms with van der Waals surface area (Å²) >= 11 is 0. The second-order valence-electron chi connectivity index (χ2n) is 8.93. The summed E-state index contributed by atoms with van der Waals surface area (Å²) in [6.45, 7) is 12.7. The summed E-state index contributed by atoms with van der Waals surface area (Å²) in [5.74, 6) is 0.914. The predicted octanol–water partition coefficient (Wildman–Crippen LogP) is 2.65. The topological polar surface area (TPSA) is 60.4 Å². The molecule has 3 rings (SSSR count). The van der Waals surface area contributed by atoms with Crippen LogP contribution in [0.5, 0.6) is 0 Å². The molecule has 0 spiro atoms. The van der Waals surface area contributed by atoms with Gasteiger partial charge in [0.05, 0.1) is 19.6 Å². The monoisotopic (exact) mass is 557 g/mol. The maximum atomic E-state index is 12.0. The Hall–Kier alpha value is -1.39. The Bertz CT molecular complexity index is 742. The Morgan fingerprint density at radius 1 is 1.12 bits per heavy atom. The first kappa shape index (κ1) is 26.9. The largest absolute Gasteiger partial charge is 0.469 e. The van der Waals surface area contributed by atoms with Crippen LogP contribution in [0.15, 0.2) is 29.3 Å². The van der Waals surface area contributed by atoms with Crippen molar-refractivity contribution in [3.8, 4) is 0 Å². The number of esters is 1. The molecule has 0 radical (unpaired) electrons. The number of hydrogen-bond acceptors (Lipinski definition) is 5. The van der Waals surface area contributed by atoms with Crippen LogP contribution in [0.1, 0.15) is 31.4 Å². The molecule has 2 unspecified atom stereocenters. The van der Waals surface area contributed by atoms with Crippen molar-refractivity contribution in [2.45, 2.75) is 33.4 Å². The molecule has 1 aromatic carbocycles. The van der Waals surface area contributed by atoms with Crippen molar-refractivity contribution in [2.75, 3.05) is 60.0 Å². The molecule has 2 saturated heterocycles. The summed E-state index contributed by atoms with van der Waals surface area (Å²) in [6, 6.07) is 8.85. The van der Waals surface area contributed by atoms with E-state index in [0.29, 0.717) is 13.1 Å². The zero-order valence-corrected chi connectivity index (χ0v) is 22.4. The number of benzene rings is 1. The van der Waals surface area contributed by atoms with Gasteiger partial charge < -0.3 is 19.9 Å². The molecule has 2 aliphatic rings. The average Bonchev–Trinajstić information content (AvgIpc) is 3.04. The number of carbonyl (C=O) groups excluding carboxylic acids is 1. The molecule has 2 aliphatic heterocycles. The Morgan fingerprint density at radius 2 is 1.84 bits per heavy atom. The molecule has 180 valence electrons. The van der Waals surface area contributed by atoms with Gasteiger partial charge in [0.1, 0.15) is 0 Å². The number of likely N-dealkylation sites (tertiary alicyclic amines) is 1. The van der Waals surface area contributed by atoms with E-state index in [-0.39, 0.29) is 41.8 Å². The molecule has 0 saturated carbocycles. The highest BCUT2D eigenvalue weighted by Crippen LogP contribution is 2.24. The minimum atomic E-state index is -0.127. The van der Waals surface area contributed by atoms with Gasteiger partial charge in [0, 0.05) is 39.3 Å². The highest BCUT2D eigenvalue weighted by atomic mass is 127. The molecule has 2 atom stereocenters. The predicted molar refractivity (Wildman–Crippen MR) is 140 cm³/mol. The second-order valence-corrected chi connectivity index (χ2v) is 8.93. The van der Waals surface area contributed by atoms with Gasteiger partial charge in [0.15, 0.2) is 5.96 Å². The van der Waals surface area contributed by atoms with Crippen molar-refractivity contribution in [1.29, 1.82) is 0 Å². The van der Waals surface area contributed by atoms with Crippen molar-refractivity contribution < 1.29 is 9.53 Å². The fourth-order valence-electron chi connectivity index (χ4n) is 4.46. The Balaban J connectivity index is 0.00000363. The van der Waals surface area contributed by atoms with Crippen LogP contribution in [0.2, 0.25) is 0 Å². The van der Waals surface area contributed by atoms with E-state index in [1.165, 1.54) is 37.7 Å². The highest BCUT2D eigenvalue weighted by molar-refractivity contribution is 14.0. The zero-order valence-electron chi connectivity index (χ0n) is 20.0. The summed E-state index contributed by atoms with van der Waals surface area (Å²) in [5, 5.41) is 3.38.